The highest BCUT2D eigenvalue weighted by Gasteiger charge is 2.20. The van der Waals surface area contributed by atoms with E-state index < -0.39 is 0 Å². The number of aryl methyl sites for hydroxylation is 1. The summed E-state index contributed by atoms with van der Waals surface area (Å²) in [6.07, 6.45) is 3.58. The van der Waals surface area contributed by atoms with Crippen LogP contribution in [0.25, 0.3) is 0 Å². The Morgan fingerprint density at radius 1 is 1.28 bits per heavy atom. The Kier molecular flexibility index (Phi) is 10.2. The molecule has 0 bridgehead atoms. The molecule has 1 aromatic rings. The molecule has 142 valence electrons. The van der Waals surface area contributed by atoms with Gasteiger partial charge in [-0.15, -0.1) is 24.0 Å². The number of nitrogens with one attached hydrogen (secondary N) is 2. The third kappa shape index (κ3) is 7.81. The zero-order chi connectivity index (χ0) is 17.4. The van der Waals surface area contributed by atoms with E-state index >= 15 is 0 Å². The lowest BCUT2D eigenvalue weighted by Crippen LogP contribution is -2.45. The fourth-order valence-corrected chi connectivity index (χ4v) is 2.90. The normalized spacial score (nSPS) is 21.8. The van der Waals surface area contributed by atoms with Crippen molar-refractivity contribution in [3.05, 3.63) is 29.8 Å². The summed E-state index contributed by atoms with van der Waals surface area (Å²) in [5, 5.41) is 16.4. The fraction of sp³-hybridized carbons (Fsp3) is 0.632. The summed E-state index contributed by atoms with van der Waals surface area (Å²) in [7, 11) is 0. The summed E-state index contributed by atoms with van der Waals surface area (Å²) < 4.78 is 5.98. The van der Waals surface area contributed by atoms with Crippen molar-refractivity contribution in [2.75, 3.05) is 13.1 Å². The van der Waals surface area contributed by atoms with Crippen molar-refractivity contribution in [2.24, 2.45) is 4.99 Å². The van der Waals surface area contributed by atoms with Crippen molar-refractivity contribution >= 4 is 29.9 Å². The highest BCUT2D eigenvalue weighted by Crippen LogP contribution is 2.19. The molecule has 5 nitrogen and oxygen atoms in total. The minimum Gasteiger partial charge on any atom is -0.489 e. The van der Waals surface area contributed by atoms with Crippen LogP contribution in [0.4, 0.5) is 0 Å². The Balaban J connectivity index is 0.00000312. The molecule has 2 rings (SSSR count). The van der Waals surface area contributed by atoms with Gasteiger partial charge in [-0.05, 0) is 58.1 Å². The van der Waals surface area contributed by atoms with E-state index in [1.165, 1.54) is 0 Å². The Morgan fingerprint density at radius 2 is 1.96 bits per heavy atom. The standard InChI is InChI=1S/C19H31N3O2.HI/c1-4-20-19(22-16-9-11-17(23)12-10-16)21-13-15(3)24-18-8-6-5-7-14(18)2;/h5-8,15-17,23H,4,9-13H2,1-3H3,(H2,20,21,22);1H. The summed E-state index contributed by atoms with van der Waals surface area (Å²) >= 11 is 0. The van der Waals surface area contributed by atoms with Gasteiger partial charge in [0.05, 0.1) is 12.6 Å². The van der Waals surface area contributed by atoms with Gasteiger partial charge >= 0.3 is 0 Å². The highest BCUT2D eigenvalue weighted by molar-refractivity contribution is 14.0. The summed E-state index contributed by atoms with van der Waals surface area (Å²) in [6, 6.07) is 8.43. The molecule has 0 radical (unpaired) electrons. The molecule has 0 saturated heterocycles. The Morgan fingerprint density at radius 3 is 2.60 bits per heavy atom. The van der Waals surface area contributed by atoms with Crippen LogP contribution in [0.2, 0.25) is 0 Å². The van der Waals surface area contributed by atoms with Crippen molar-refractivity contribution < 1.29 is 9.84 Å². The van der Waals surface area contributed by atoms with Crippen molar-refractivity contribution in [2.45, 2.75) is 64.7 Å². The van der Waals surface area contributed by atoms with Gasteiger partial charge in [-0.3, -0.25) is 0 Å². The zero-order valence-corrected chi connectivity index (χ0v) is 17.8. The summed E-state index contributed by atoms with van der Waals surface area (Å²) in [6.45, 7) is 7.58. The van der Waals surface area contributed by atoms with Gasteiger partial charge in [0.2, 0.25) is 0 Å². The number of ether oxygens (including phenoxy) is 1. The average Bonchev–Trinajstić information content (AvgIpc) is 2.57. The topological polar surface area (TPSA) is 65.9 Å². The van der Waals surface area contributed by atoms with Crippen LogP contribution in [0.1, 0.15) is 45.1 Å². The number of hydrogen-bond acceptors (Lipinski definition) is 3. The second kappa shape index (κ2) is 11.6. The molecule has 1 atom stereocenters. The van der Waals surface area contributed by atoms with Gasteiger partial charge < -0.3 is 20.5 Å². The van der Waals surface area contributed by atoms with Crippen LogP contribution in [0, 0.1) is 6.92 Å². The minimum atomic E-state index is -0.134. The summed E-state index contributed by atoms with van der Waals surface area (Å²) in [4.78, 5) is 4.66. The van der Waals surface area contributed by atoms with E-state index in [1.807, 2.05) is 25.1 Å². The molecule has 1 aliphatic rings. The van der Waals surface area contributed by atoms with E-state index in [1.54, 1.807) is 0 Å². The van der Waals surface area contributed by atoms with Crippen molar-refractivity contribution in [1.29, 1.82) is 0 Å². The number of hydrogen-bond donors (Lipinski definition) is 3. The van der Waals surface area contributed by atoms with Crippen LogP contribution >= 0.6 is 24.0 Å². The number of halogens is 1. The number of rotatable bonds is 6. The SMILES string of the molecule is CCNC(=NCC(C)Oc1ccccc1C)NC1CCC(O)CC1.I. The highest BCUT2D eigenvalue weighted by atomic mass is 127. The van der Waals surface area contributed by atoms with Crippen LogP contribution in [0.3, 0.4) is 0 Å². The van der Waals surface area contributed by atoms with E-state index in [4.69, 9.17) is 4.74 Å². The second-order valence-electron chi connectivity index (χ2n) is 6.56. The number of aliphatic hydroxyl groups excluding tert-OH is 1. The fourth-order valence-electron chi connectivity index (χ4n) is 2.90. The van der Waals surface area contributed by atoms with E-state index in [0.29, 0.717) is 12.6 Å². The smallest absolute Gasteiger partial charge is 0.191 e. The molecule has 0 spiro atoms. The quantitative estimate of drug-likeness (QED) is 0.346. The van der Waals surface area contributed by atoms with Crippen LogP contribution in [-0.4, -0.2) is 42.4 Å². The van der Waals surface area contributed by atoms with Gasteiger partial charge in [-0.25, -0.2) is 4.99 Å². The first-order valence-electron chi connectivity index (χ1n) is 9.03. The molecule has 25 heavy (non-hydrogen) atoms. The third-order valence-electron chi connectivity index (χ3n) is 4.31. The molecule has 3 N–H and O–H groups in total. The van der Waals surface area contributed by atoms with E-state index in [2.05, 4.69) is 35.5 Å². The average molecular weight is 461 g/mol. The molecule has 0 aromatic heterocycles. The molecule has 1 unspecified atom stereocenters. The maximum Gasteiger partial charge on any atom is 0.191 e. The summed E-state index contributed by atoms with van der Waals surface area (Å²) in [5.41, 5.74) is 1.14. The van der Waals surface area contributed by atoms with Crippen LogP contribution in [-0.2, 0) is 0 Å². The van der Waals surface area contributed by atoms with Crippen molar-refractivity contribution in [3.8, 4) is 5.75 Å². The second-order valence-corrected chi connectivity index (χ2v) is 6.56. The number of benzene rings is 1. The Hall–Kier alpha value is -1.02. The number of aliphatic imine (C=N–C) groups is 1. The number of guanidine groups is 1. The van der Waals surface area contributed by atoms with E-state index in [-0.39, 0.29) is 36.2 Å². The molecular weight excluding hydrogens is 429 g/mol. The van der Waals surface area contributed by atoms with Gasteiger partial charge in [0.15, 0.2) is 5.96 Å². The van der Waals surface area contributed by atoms with Gasteiger partial charge in [0.1, 0.15) is 11.9 Å². The predicted molar refractivity (Wildman–Crippen MR) is 114 cm³/mol. The lowest BCUT2D eigenvalue weighted by molar-refractivity contribution is 0.120. The summed E-state index contributed by atoms with van der Waals surface area (Å²) in [5.74, 6) is 1.75. The Bertz CT molecular complexity index is 531. The van der Waals surface area contributed by atoms with Crippen LogP contribution in [0.15, 0.2) is 29.3 Å². The van der Waals surface area contributed by atoms with Gasteiger partial charge in [0, 0.05) is 12.6 Å². The lowest BCUT2D eigenvalue weighted by atomic mass is 9.93. The number of aliphatic hydroxyl groups is 1. The molecule has 1 aliphatic carbocycles. The largest absolute Gasteiger partial charge is 0.489 e. The molecule has 0 heterocycles. The minimum absolute atomic E-state index is 0. The third-order valence-corrected chi connectivity index (χ3v) is 4.31. The lowest BCUT2D eigenvalue weighted by Gasteiger charge is -2.27. The van der Waals surface area contributed by atoms with Crippen LogP contribution < -0.4 is 15.4 Å². The molecule has 0 aliphatic heterocycles. The monoisotopic (exact) mass is 461 g/mol. The van der Waals surface area contributed by atoms with Gasteiger partial charge in [0.25, 0.3) is 0 Å². The van der Waals surface area contributed by atoms with Crippen LogP contribution in [0.5, 0.6) is 5.75 Å². The maximum atomic E-state index is 9.61. The van der Waals surface area contributed by atoms with Gasteiger partial charge in [-0.2, -0.15) is 0 Å². The molecule has 1 aromatic carbocycles. The predicted octanol–water partition coefficient (Wildman–Crippen LogP) is 3.24. The molecule has 1 saturated carbocycles. The Labute approximate surface area is 168 Å². The van der Waals surface area contributed by atoms with Crippen molar-refractivity contribution in [3.63, 3.8) is 0 Å². The number of nitrogens with zero attached hydrogens (tertiary/aromatic N) is 1. The van der Waals surface area contributed by atoms with E-state index in [0.717, 1.165) is 49.5 Å². The first-order valence-corrected chi connectivity index (χ1v) is 9.03. The molecule has 6 heteroatoms. The zero-order valence-electron chi connectivity index (χ0n) is 15.5. The van der Waals surface area contributed by atoms with Crippen molar-refractivity contribution in [1.82, 2.24) is 10.6 Å². The van der Waals surface area contributed by atoms with Gasteiger partial charge in [-0.1, -0.05) is 18.2 Å². The molecule has 0 amide bonds. The number of para-hydroxylation sites is 1. The van der Waals surface area contributed by atoms with E-state index in [9.17, 15) is 5.11 Å². The molecule has 1 fully saturated rings. The molecular formula is C19H32IN3O2. The first-order chi connectivity index (χ1) is 11.6. The maximum absolute atomic E-state index is 9.61. The first kappa shape index (κ1) is 22.0.